The van der Waals surface area contributed by atoms with E-state index in [0.717, 1.165) is 9.88 Å². The van der Waals surface area contributed by atoms with Gasteiger partial charge in [0.25, 0.3) is 5.89 Å². The quantitative estimate of drug-likeness (QED) is 0.709. The number of hydrogen-bond donors (Lipinski definition) is 1. The molecule has 0 radical (unpaired) electrons. The highest BCUT2D eigenvalue weighted by Crippen LogP contribution is 2.21. The van der Waals surface area contributed by atoms with Crippen molar-refractivity contribution in [2.24, 2.45) is 0 Å². The molecule has 0 atom stereocenters. The van der Waals surface area contributed by atoms with Crippen LogP contribution in [-0.2, 0) is 0 Å². The van der Waals surface area contributed by atoms with Crippen molar-refractivity contribution in [2.75, 3.05) is 0 Å². The van der Waals surface area contributed by atoms with Gasteiger partial charge < -0.3 is 4.42 Å². The second kappa shape index (κ2) is 2.56. The molecule has 2 heterocycles. The van der Waals surface area contributed by atoms with Crippen molar-refractivity contribution < 1.29 is 4.42 Å². The zero-order valence-corrected chi connectivity index (χ0v) is 7.01. The third-order valence-corrected chi connectivity index (χ3v) is 2.17. The first-order valence-corrected chi connectivity index (χ1v) is 4.05. The van der Waals surface area contributed by atoms with E-state index in [-0.39, 0.29) is 0 Å². The first-order chi connectivity index (χ1) is 5.75. The van der Waals surface area contributed by atoms with Crippen LogP contribution in [-0.4, -0.2) is 15.2 Å². The van der Waals surface area contributed by atoms with Crippen molar-refractivity contribution in [2.45, 2.75) is 6.92 Å². The van der Waals surface area contributed by atoms with Crippen LogP contribution in [0.25, 0.3) is 10.8 Å². The summed E-state index contributed by atoms with van der Waals surface area (Å²) in [4.78, 5) is 15.3. The summed E-state index contributed by atoms with van der Waals surface area (Å²) < 4.78 is 4.73. The van der Waals surface area contributed by atoms with Crippen molar-refractivity contribution >= 4 is 11.3 Å². The molecule has 5 nitrogen and oxygen atoms in total. The van der Waals surface area contributed by atoms with Crippen molar-refractivity contribution in [3.8, 4) is 10.8 Å². The Morgan fingerprint density at radius 2 is 2.50 bits per heavy atom. The second-order valence-corrected chi connectivity index (χ2v) is 3.40. The van der Waals surface area contributed by atoms with Gasteiger partial charge in [0.1, 0.15) is 4.88 Å². The molecule has 12 heavy (non-hydrogen) atoms. The average molecular weight is 183 g/mol. The Morgan fingerprint density at radius 1 is 1.67 bits per heavy atom. The Kier molecular flexibility index (Phi) is 1.54. The molecule has 2 aromatic heterocycles. The van der Waals surface area contributed by atoms with E-state index in [1.54, 1.807) is 6.20 Å². The van der Waals surface area contributed by atoms with Gasteiger partial charge in [-0.2, -0.15) is 0 Å². The van der Waals surface area contributed by atoms with Crippen molar-refractivity contribution in [1.82, 2.24) is 15.2 Å². The van der Waals surface area contributed by atoms with Crippen LogP contribution in [0.1, 0.15) is 5.01 Å². The number of aromatic amines is 1. The van der Waals surface area contributed by atoms with Crippen LogP contribution in [0.15, 0.2) is 15.4 Å². The van der Waals surface area contributed by atoms with E-state index >= 15 is 0 Å². The molecule has 0 bridgehead atoms. The molecular weight excluding hydrogens is 178 g/mol. The lowest BCUT2D eigenvalue weighted by atomic mass is 10.6. The summed E-state index contributed by atoms with van der Waals surface area (Å²) in [5.41, 5.74) is 0. The molecule has 2 rings (SSSR count). The average Bonchev–Trinajstić information content (AvgIpc) is 2.58. The summed E-state index contributed by atoms with van der Waals surface area (Å²) in [5.74, 6) is -0.248. The topological polar surface area (TPSA) is 71.8 Å². The number of rotatable bonds is 1. The van der Waals surface area contributed by atoms with Crippen LogP contribution >= 0.6 is 11.3 Å². The van der Waals surface area contributed by atoms with Gasteiger partial charge in [0.2, 0.25) is 0 Å². The summed E-state index contributed by atoms with van der Waals surface area (Å²) in [7, 11) is 0. The van der Waals surface area contributed by atoms with E-state index in [1.807, 2.05) is 6.92 Å². The van der Waals surface area contributed by atoms with Gasteiger partial charge in [-0.05, 0) is 6.92 Å². The number of thiazole rings is 1. The molecule has 6 heteroatoms. The van der Waals surface area contributed by atoms with Crippen molar-refractivity contribution in [3.63, 3.8) is 0 Å². The summed E-state index contributed by atoms with van der Waals surface area (Å²) >= 11 is 1.43. The maximum absolute atomic E-state index is 10.6. The lowest BCUT2D eigenvalue weighted by molar-refractivity contribution is 0.528. The molecule has 0 spiro atoms. The zero-order valence-electron chi connectivity index (χ0n) is 6.20. The molecule has 0 saturated heterocycles. The van der Waals surface area contributed by atoms with Crippen LogP contribution in [0.4, 0.5) is 0 Å². The van der Waals surface area contributed by atoms with E-state index in [4.69, 9.17) is 4.42 Å². The Balaban J connectivity index is 2.50. The van der Waals surface area contributed by atoms with Gasteiger partial charge in [-0.25, -0.2) is 14.9 Å². The number of hydrogen-bond acceptors (Lipinski definition) is 5. The number of aryl methyl sites for hydroxylation is 1. The van der Waals surface area contributed by atoms with E-state index in [2.05, 4.69) is 15.2 Å². The van der Waals surface area contributed by atoms with Gasteiger partial charge in [-0.1, -0.05) is 0 Å². The van der Waals surface area contributed by atoms with Crippen LogP contribution in [0.5, 0.6) is 0 Å². The van der Waals surface area contributed by atoms with E-state index in [0.29, 0.717) is 5.89 Å². The fourth-order valence-corrected chi connectivity index (χ4v) is 1.50. The lowest BCUT2D eigenvalue weighted by Crippen LogP contribution is -1.93. The van der Waals surface area contributed by atoms with Crippen LogP contribution in [0, 0.1) is 6.92 Å². The van der Waals surface area contributed by atoms with Gasteiger partial charge in [0.15, 0.2) is 0 Å². The SMILES string of the molecule is Cc1ncc(-c2n[nH]c(=O)o2)s1. The second-order valence-electron chi connectivity index (χ2n) is 2.16. The molecule has 0 aliphatic rings. The first kappa shape index (κ1) is 7.23. The third-order valence-electron chi connectivity index (χ3n) is 1.27. The summed E-state index contributed by atoms with van der Waals surface area (Å²) in [6, 6.07) is 0. The lowest BCUT2D eigenvalue weighted by Gasteiger charge is -1.80. The Labute approximate surface area is 71.1 Å². The molecule has 0 amide bonds. The predicted molar refractivity (Wildman–Crippen MR) is 43.0 cm³/mol. The number of nitrogens with zero attached hydrogens (tertiary/aromatic N) is 2. The predicted octanol–water partition coefficient (Wildman–Crippen LogP) is 0.795. The number of nitrogens with one attached hydrogen (secondary N) is 1. The molecule has 0 fully saturated rings. The minimum absolute atomic E-state index is 0.297. The van der Waals surface area contributed by atoms with Gasteiger partial charge in [-0.3, -0.25) is 0 Å². The zero-order chi connectivity index (χ0) is 8.55. The molecule has 0 aliphatic heterocycles. The highest BCUT2D eigenvalue weighted by molar-refractivity contribution is 7.14. The summed E-state index contributed by atoms with van der Waals surface area (Å²) in [6.07, 6.45) is 1.62. The van der Waals surface area contributed by atoms with E-state index in [9.17, 15) is 4.79 Å². The summed E-state index contributed by atoms with van der Waals surface area (Å²) in [6.45, 7) is 1.87. The molecule has 0 aliphatic carbocycles. The first-order valence-electron chi connectivity index (χ1n) is 3.24. The minimum Gasteiger partial charge on any atom is -0.387 e. The van der Waals surface area contributed by atoms with Crippen LogP contribution < -0.4 is 5.76 Å². The fraction of sp³-hybridized carbons (Fsp3) is 0.167. The Bertz CT molecular complexity index is 441. The molecule has 0 unspecified atom stereocenters. The molecule has 0 saturated carbocycles. The highest BCUT2D eigenvalue weighted by atomic mass is 32.1. The smallest absolute Gasteiger partial charge is 0.387 e. The van der Waals surface area contributed by atoms with E-state index in [1.165, 1.54) is 11.3 Å². The molecule has 0 aromatic carbocycles. The fourth-order valence-electron chi connectivity index (χ4n) is 0.795. The largest absolute Gasteiger partial charge is 0.434 e. The van der Waals surface area contributed by atoms with Gasteiger partial charge in [0, 0.05) is 0 Å². The highest BCUT2D eigenvalue weighted by Gasteiger charge is 2.07. The molecule has 1 N–H and O–H groups in total. The normalized spacial score (nSPS) is 10.4. The maximum Gasteiger partial charge on any atom is 0.434 e. The number of H-pyrrole nitrogens is 1. The molecular formula is C6H5N3O2S. The monoisotopic (exact) mass is 183 g/mol. The van der Waals surface area contributed by atoms with Crippen molar-refractivity contribution in [1.29, 1.82) is 0 Å². The molecule has 2 aromatic rings. The van der Waals surface area contributed by atoms with Crippen molar-refractivity contribution in [3.05, 3.63) is 21.8 Å². The van der Waals surface area contributed by atoms with Gasteiger partial charge in [-0.15, -0.1) is 16.4 Å². The standard InChI is InChI=1S/C6H5N3O2S/c1-3-7-2-4(12-3)5-8-9-6(10)11-5/h2H,1H3,(H,9,10). The summed E-state index contributed by atoms with van der Waals surface area (Å²) in [5, 5.41) is 6.76. The third kappa shape index (κ3) is 1.16. The number of aromatic nitrogens is 3. The van der Waals surface area contributed by atoms with Crippen LogP contribution in [0.2, 0.25) is 0 Å². The van der Waals surface area contributed by atoms with Gasteiger partial charge in [0.05, 0.1) is 11.2 Å². The van der Waals surface area contributed by atoms with E-state index < -0.39 is 5.76 Å². The molecule has 62 valence electrons. The Morgan fingerprint density at radius 3 is 3.00 bits per heavy atom. The minimum atomic E-state index is -0.545. The van der Waals surface area contributed by atoms with Crippen LogP contribution in [0.3, 0.4) is 0 Å². The van der Waals surface area contributed by atoms with Gasteiger partial charge >= 0.3 is 5.76 Å². The maximum atomic E-state index is 10.6. The Hall–Kier alpha value is -1.43.